The molecule has 0 heterocycles. The molecule has 7 nitrogen and oxygen atoms in total. The van der Waals surface area contributed by atoms with Crippen LogP contribution in [0.5, 0.6) is 0 Å². The van der Waals surface area contributed by atoms with Gasteiger partial charge < -0.3 is 20.1 Å². The first-order valence-electron chi connectivity index (χ1n) is 17.0. The Bertz CT molecular complexity index is 1500. The van der Waals surface area contributed by atoms with E-state index >= 15 is 0 Å². The van der Waals surface area contributed by atoms with Crippen molar-refractivity contribution < 1.29 is 34.4 Å². The van der Waals surface area contributed by atoms with Crippen molar-refractivity contribution in [1.82, 2.24) is 0 Å². The molecule has 0 aromatic carbocycles. The quantitative estimate of drug-likeness (QED) is 0.104. The van der Waals surface area contributed by atoms with Crippen LogP contribution in [0.4, 0.5) is 0 Å². The Morgan fingerprint density at radius 3 is 1.96 bits per heavy atom. The molecule has 4 unspecified atom stereocenters. The SMILES string of the molecule is CC(=O)OCC(C=CC1C(C)(C)CC(O)CC1(C)O)=CC=CC(C)=CC=CC=C(C)C=CC=C(C)C(=O)CC1(O)C(C)=CC(=O)CC1(C)C. The standard InChI is InChI=1S/C42H58O7/c1-29(17-13-19-31(3)37(46)27-42(48)32(4)23-35(44)25-40(42,8)9)15-11-12-16-30(2)18-14-20-34(28-49-33(5)43)21-22-38-39(6,7)24-36(45)26-41(38,10)47/h11-23,36,38,45,47-48H,24-28H2,1-10H3. The van der Waals surface area contributed by atoms with Crippen molar-refractivity contribution in [3.63, 3.8) is 0 Å². The van der Waals surface area contributed by atoms with Crippen LogP contribution in [-0.4, -0.2) is 56.8 Å². The number of ketones is 2. The lowest BCUT2D eigenvalue weighted by atomic mass is 9.61. The molecule has 268 valence electrons. The molecule has 0 bridgehead atoms. The molecule has 0 aromatic heterocycles. The van der Waals surface area contributed by atoms with Gasteiger partial charge in [-0.25, -0.2) is 0 Å². The van der Waals surface area contributed by atoms with Crippen molar-refractivity contribution in [2.24, 2.45) is 16.7 Å². The van der Waals surface area contributed by atoms with Crippen molar-refractivity contribution in [3.8, 4) is 0 Å². The van der Waals surface area contributed by atoms with E-state index in [9.17, 15) is 29.7 Å². The van der Waals surface area contributed by atoms with Gasteiger partial charge in [0.25, 0.3) is 0 Å². The molecule has 1 saturated carbocycles. The molecular weight excluding hydrogens is 616 g/mol. The summed E-state index contributed by atoms with van der Waals surface area (Å²) in [6.07, 6.45) is 24.7. The van der Waals surface area contributed by atoms with E-state index in [1.807, 2.05) is 108 Å². The number of hydrogen-bond acceptors (Lipinski definition) is 7. The van der Waals surface area contributed by atoms with E-state index in [0.717, 1.165) is 16.7 Å². The number of aliphatic hydroxyl groups is 3. The molecule has 7 heteroatoms. The van der Waals surface area contributed by atoms with Gasteiger partial charge in [-0.1, -0.05) is 112 Å². The molecule has 0 aromatic rings. The molecule has 0 spiro atoms. The minimum absolute atomic E-state index is 0.0320. The number of carbonyl (C=O) groups is 3. The average Bonchev–Trinajstić information content (AvgIpc) is 2.94. The predicted molar refractivity (Wildman–Crippen MR) is 197 cm³/mol. The van der Waals surface area contributed by atoms with E-state index in [0.29, 0.717) is 24.0 Å². The number of rotatable bonds is 13. The number of ether oxygens (including phenoxy) is 1. The third kappa shape index (κ3) is 12.3. The number of esters is 1. The zero-order valence-electron chi connectivity index (χ0n) is 31.2. The van der Waals surface area contributed by atoms with Crippen molar-refractivity contribution in [1.29, 1.82) is 0 Å². The van der Waals surface area contributed by atoms with E-state index in [1.165, 1.54) is 13.0 Å². The van der Waals surface area contributed by atoms with Crippen LogP contribution >= 0.6 is 0 Å². The van der Waals surface area contributed by atoms with Gasteiger partial charge in [0.1, 0.15) is 6.61 Å². The van der Waals surface area contributed by atoms with Crippen LogP contribution in [0.2, 0.25) is 0 Å². The third-order valence-electron chi connectivity index (χ3n) is 9.69. The van der Waals surface area contributed by atoms with Crippen LogP contribution in [-0.2, 0) is 19.1 Å². The van der Waals surface area contributed by atoms with Gasteiger partial charge in [-0.3, -0.25) is 14.4 Å². The monoisotopic (exact) mass is 674 g/mol. The Morgan fingerprint density at radius 2 is 1.43 bits per heavy atom. The fourth-order valence-electron chi connectivity index (χ4n) is 6.84. The lowest BCUT2D eigenvalue weighted by molar-refractivity contribution is -0.140. The first-order valence-corrected chi connectivity index (χ1v) is 17.0. The second-order valence-electron chi connectivity index (χ2n) is 15.4. The van der Waals surface area contributed by atoms with Crippen LogP contribution in [0.3, 0.4) is 0 Å². The molecule has 3 N–H and O–H groups in total. The highest BCUT2D eigenvalue weighted by Gasteiger charge is 2.50. The Balaban J connectivity index is 2.05. The zero-order valence-corrected chi connectivity index (χ0v) is 31.2. The van der Waals surface area contributed by atoms with Gasteiger partial charge in [0, 0.05) is 37.5 Å². The van der Waals surface area contributed by atoms with Gasteiger partial charge in [-0.05, 0) is 69.2 Å². The second-order valence-corrected chi connectivity index (χ2v) is 15.4. The van der Waals surface area contributed by atoms with Crippen molar-refractivity contribution in [3.05, 3.63) is 107 Å². The van der Waals surface area contributed by atoms with Gasteiger partial charge in [-0.2, -0.15) is 0 Å². The number of allylic oxidation sites excluding steroid dienone is 14. The Morgan fingerprint density at radius 1 is 0.857 bits per heavy atom. The molecule has 2 aliphatic rings. The molecule has 0 radical (unpaired) electrons. The number of Topliss-reactive ketones (excluding diaryl/α,β-unsaturated/α-hetero) is 1. The zero-order chi connectivity index (χ0) is 37.2. The van der Waals surface area contributed by atoms with Crippen molar-refractivity contribution >= 4 is 17.5 Å². The number of hydrogen-bond donors (Lipinski definition) is 3. The summed E-state index contributed by atoms with van der Waals surface area (Å²) in [6, 6.07) is 0. The van der Waals surface area contributed by atoms with E-state index in [1.54, 1.807) is 26.8 Å². The fraction of sp³-hybridized carbons (Fsp3) is 0.500. The molecule has 0 saturated heterocycles. The minimum Gasteiger partial charge on any atom is -0.461 e. The highest BCUT2D eigenvalue weighted by Crippen LogP contribution is 2.47. The maximum absolute atomic E-state index is 13.0. The van der Waals surface area contributed by atoms with Gasteiger partial charge in [0.05, 0.1) is 17.3 Å². The summed E-state index contributed by atoms with van der Waals surface area (Å²) in [5, 5.41) is 32.6. The fourth-order valence-corrected chi connectivity index (χ4v) is 6.84. The minimum atomic E-state index is -1.36. The molecular formula is C42H58O7. The lowest BCUT2D eigenvalue weighted by Gasteiger charge is -2.48. The van der Waals surface area contributed by atoms with Crippen LogP contribution in [0.15, 0.2) is 107 Å². The highest BCUT2D eigenvalue weighted by atomic mass is 16.5. The average molecular weight is 675 g/mol. The maximum atomic E-state index is 13.0. The van der Waals surface area contributed by atoms with Gasteiger partial charge >= 0.3 is 5.97 Å². The molecule has 0 aliphatic heterocycles. The first kappa shape index (κ1) is 41.5. The molecule has 4 atom stereocenters. The summed E-state index contributed by atoms with van der Waals surface area (Å²) in [7, 11) is 0. The normalized spacial score (nSPS) is 28.6. The summed E-state index contributed by atoms with van der Waals surface area (Å²) in [5.74, 6) is -0.752. The highest BCUT2D eigenvalue weighted by molar-refractivity contribution is 5.97. The van der Waals surface area contributed by atoms with Gasteiger partial charge in [0.2, 0.25) is 0 Å². The summed E-state index contributed by atoms with van der Waals surface area (Å²) >= 11 is 0. The Kier molecular flexibility index (Phi) is 14.7. The smallest absolute Gasteiger partial charge is 0.302 e. The van der Waals surface area contributed by atoms with Crippen LogP contribution < -0.4 is 0 Å². The van der Waals surface area contributed by atoms with Gasteiger partial charge in [-0.15, -0.1) is 0 Å². The van der Waals surface area contributed by atoms with E-state index in [2.05, 4.69) is 0 Å². The van der Waals surface area contributed by atoms with Crippen molar-refractivity contribution in [2.75, 3.05) is 6.61 Å². The Hall–Kier alpha value is -3.65. The molecule has 2 aliphatic carbocycles. The topological polar surface area (TPSA) is 121 Å². The molecule has 1 fully saturated rings. The number of aliphatic hydroxyl groups excluding tert-OH is 1. The summed E-state index contributed by atoms with van der Waals surface area (Å²) in [5.41, 5.74) is 0.377. The Labute approximate surface area is 293 Å². The van der Waals surface area contributed by atoms with E-state index in [4.69, 9.17) is 4.74 Å². The van der Waals surface area contributed by atoms with Crippen LogP contribution in [0.25, 0.3) is 0 Å². The van der Waals surface area contributed by atoms with E-state index in [-0.39, 0.29) is 48.3 Å². The van der Waals surface area contributed by atoms with E-state index < -0.39 is 22.7 Å². The summed E-state index contributed by atoms with van der Waals surface area (Å²) < 4.78 is 5.25. The lowest BCUT2D eigenvalue weighted by Crippen LogP contribution is -2.50. The molecule has 2 rings (SSSR count). The molecule has 49 heavy (non-hydrogen) atoms. The largest absolute Gasteiger partial charge is 0.461 e. The third-order valence-corrected chi connectivity index (χ3v) is 9.69. The predicted octanol–water partition coefficient (Wildman–Crippen LogP) is 7.72. The van der Waals surface area contributed by atoms with Crippen molar-refractivity contribution in [2.45, 2.75) is 112 Å². The first-order chi connectivity index (χ1) is 22.6. The van der Waals surface area contributed by atoms with Crippen LogP contribution in [0, 0.1) is 16.7 Å². The maximum Gasteiger partial charge on any atom is 0.302 e. The van der Waals surface area contributed by atoms with Crippen LogP contribution in [0.1, 0.15) is 94.9 Å². The van der Waals surface area contributed by atoms with Gasteiger partial charge in [0.15, 0.2) is 11.6 Å². The molecule has 0 amide bonds. The number of carbonyl (C=O) groups excluding carboxylic acids is 3. The second kappa shape index (κ2) is 17.3. The summed E-state index contributed by atoms with van der Waals surface area (Å²) in [6.45, 7) is 18.3. The summed E-state index contributed by atoms with van der Waals surface area (Å²) in [4.78, 5) is 36.4.